The van der Waals surface area contributed by atoms with Crippen molar-refractivity contribution in [2.24, 2.45) is 0 Å². The summed E-state index contributed by atoms with van der Waals surface area (Å²) in [7, 11) is 0. The minimum Gasteiger partial charge on any atom is -0.283 e. The van der Waals surface area contributed by atoms with Crippen molar-refractivity contribution < 1.29 is 4.79 Å². The molecule has 33 heavy (non-hydrogen) atoms. The summed E-state index contributed by atoms with van der Waals surface area (Å²) in [4.78, 5) is 13.1. The molecule has 0 aliphatic carbocycles. The maximum absolute atomic E-state index is 13.1. The number of hydrogen-bond donors (Lipinski definition) is 1. The molecule has 1 amide bonds. The number of hydrogen-bond acceptors (Lipinski definition) is 2. The molecule has 1 atom stereocenters. The Kier molecular flexibility index (Phi) is 7.33. The van der Waals surface area contributed by atoms with Gasteiger partial charge in [-0.3, -0.25) is 10.2 Å². The molecule has 0 aliphatic rings. The Bertz CT molecular complexity index is 1240. The summed E-state index contributed by atoms with van der Waals surface area (Å²) in [6.07, 6.45) is 0. The molecule has 0 saturated carbocycles. The van der Waals surface area contributed by atoms with Gasteiger partial charge < -0.3 is 0 Å². The van der Waals surface area contributed by atoms with E-state index in [0.29, 0.717) is 12.1 Å². The van der Waals surface area contributed by atoms with Crippen LogP contribution in [0.2, 0.25) is 0 Å². The van der Waals surface area contributed by atoms with Crippen LogP contribution < -0.4 is 5.43 Å². The van der Waals surface area contributed by atoms with Gasteiger partial charge in [-0.15, -0.1) is 0 Å². The Labute approximate surface area is 195 Å². The number of rotatable bonds is 6. The minimum atomic E-state index is -0.334. The van der Waals surface area contributed by atoms with Crippen LogP contribution >= 0.6 is 0 Å². The van der Waals surface area contributed by atoms with Crippen LogP contribution in [0.1, 0.15) is 38.7 Å². The first-order valence-electron chi connectivity index (χ1n) is 11.0. The molecular formula is C30H26N2O. The van der Waals surface area contributed by atoms with E-state index in [9.17, 15) is 4.79 Å². The number of benzene rings is 4. The van der Waals surface area contributed by atoms with Crippen LogP contribution in [0.15, 0.2) is 115 Å². The maximum Gasteiger partial charge on any atom is 0.265 e. The Morgan fingerprint density at radius 2 is 1.36 bits per heavy atom. The lowest BCUT2D eigenvalue weighted by atomic mass is 10.00. The lowest BCUT2D eigenvalue weighted by Gasteiger charge is -2.30. The van der Waals surface area contributed by atoms with Crippen LogP contribution in [-0.4, -0.2) is 10.9 Å². The van der Waals surface area contributed by atoms with Crippen LogP contribution in [0.5, 0.6) is 0 Å². The lowest BCUT2D eigenvalue weighted by Crippen LogP contribution is -2.44. The highest BCUT2D eigenvalue weighted by Gasteiger charge is 2.23. The van der Waals surface area contributed by atoms with E-state index in [0.717, 1.165) is 22.3 Å². The predicted octanol–water partition coefficient (Wildman–Crippen LogP) is 5.94. The predicted molar refractivity (Wildman–Crippen MR) is 133 cm³/mol. The van der Waals surface area contributed by atoms with E-state index < -0.39 is 0 Å². The second-order valence-corrected chi connectivity index (χ2v) is 7.81. The van der Waals surface area contributed by atoms with Gasteiger partial charge in [0.2, 0.25) is 0 Å². The van der Waals surface area contributed by atoms with Crippen molar-refractivity contribution in [2.75, 3.05) is 0 Å². The second-order valence-electron chi connectivity index (χ2n) is 7.81. The fourth-order valence-corrected chi connectivity index (χ4v) is 3.65. The number of hydrazine groups is 1. The maximum atomic E-state index is 13.1. The molecule has 4 aromatic carbocycles. The van der Waals surface area contributed by atoms with Gasteiger partial charge in [0.25, 0.3) is 5.91 Å². The molecule has 0 fully saturated rings. The number of nitrogens with one attached hydrogen (secondary N) is 1. The Morgan fingerprint density at radius 1 is 0.788 bits per heavy atom. The molecule has 3 heteroatoms. The summed E-state index contributed by atoms with van der Waals surface area (Å²) in [5.41, 5.74) is 7.95. The number of carbonyl (C=O) groups excluding carboxylic acids is 1. The van der Waals surface area contributed by atoms with Gasteiger partial charge in [0.05, 0.1) is 0 Å². The molecule has 1 N–H and O–H groups in total. The molecule has 3 nitrogen and oxygen atoms in total. The normalized spacial score (nSPS) is 11.3. The van der Waals surface area contributed by atoms with E-state index in [2.05, 4.69) is 48.5 Å². The highest BCUT2D eigenvalue weighted by molar-refractivity contribution is 5.93. The van der Waals surface area contributed by atoms with Crippen molar-refractivity contribution in [3.8, 4) is 11.8 Å². The van der Waals surface area contributed by atoms with E-state index in [1.54, 1.807) is 0 Å². The summed E-state index contributed by atoms with van der Waals surface area (Å²) < 4.78 is 0. The summed E-state index contributed by atoms with van der Waals surface area (Å²) in [5, 5.41) is 1.93. The van der Waals surface area contributed by atoms with Crippen molar-refractivity contribution >= 4 is 5.91 Å². The molecule has 4 rings (SSSR count). The zero-order valence-corrected chi connectivity index (χ0v) is 18.6. The molecule has 4 aromatic rings. The quantitative estimate of drug-likeness (QED) is 0.303. The van der Waals surface area contributed by atoms with Gasteiger partial charge in [-0.05, 0) is 47.9 Å². The lowest BCUT2D eigenvalue weighted by molar-refractivity contribution is 0.0722. The van der Waals surface area contributed by atoms with Crippen molar-refractivity contribution in [3.05, 3.63) is 143 Å². The third-order valence-electron chi connectivity index (χ3n) is 5.40. The molecule has 0 aromatic heterocycles. The van der Waals surface area contributed by atoms with Gasteiger partial charge in [-0.25, -0.2) is 0 Å². The van der Waals surface area contributed by atoms with Crippen molar-refractivity contribution in [3.63, 3.8) is 0 Å². The van der Waals surface area contributed by atoms with Crippen LogP contribution in [0.3, 0.4) is 0 Å². The minimum absolute atomic E-state index is 0.161. The highest BCUT2D eigenvalue weighted by Crippen LogP contribution is 2.24. The molecule has 0 spiro atoms. The largest absolute Gasteiger partial charge is 0.283 e. The molecular weight excluding hydrogens is 404 g/mol. The Hall–Kier alpha value is -4.13. The summed E-state index contributed by atoms with van der Waals surface area (Å²) in [5.74, 6) is 6.58. The fourth-order valence-electron chi connectivity index (χ4n) is 3.65. The number of amides is 1. The van der Waals surface area contributed by atoms with E-state index >= 15 is 0 Å². The molecule has 162 valence electrons. The SMILES string of the molecule is Cc1ccccc1C(C#Cc1ccccc1)N(Cc1ccccc1)NC(=O)c1ccccc1. The van der Waals surface area contributed by atoms with Gasteiger partial charge in [0.1, 0.15) is 6.04 Å². The number of aryl methyl sites for hydroxylation is 1. The van der Waals surface area contributed by atoms with E-state index in [4.69, 9.17) is 0 Å². The smallest absolute Gasteiger partial charge is 0.265 e. The number of nitrogens with zero attached hydrogens (tertiary/aromatic N) is 1. The van der Waals surface area contributed by atoms with Crippen LogP contribution in [-0.2, 0) is 6.54 Å². The molecule has 0 radical (unpaired) electrons. The van der Waals surface area contributed by atoms with Gasteiger partial charge in [-0.2, -0.15) is 5.01 Å². The van der Waals surface area contributed by atoms with Crippen LogP contribution in [0.25, 0.3) is 0 Å². The molecule has 0 bridgehead atoms. The fraction of sp³-hybridized carbons (Fsp3) is 0.100. The van der Waals surface area contributed by atoms with Crippen LogP contribution in [0, 0.1) is 18.8 Å². The molecule has 0 heterocycles. The highest BCUT2D eigenvalue weighted by atomic mass is 16.2. The molecule has 1 unspecified atom stereocenters. The topological polar surface area (TPSA) is 32.3 Å². The van der Waals surface area contributed by atoms with E-state index in [1.165, 1.54) is 0 Å². The zero-order valence-electron chi connectivity index (χ0n) is 18.6. The monoisotopic (exact) mass is 430 g/mol. The average molecular weight is 431 g/mol. The zero-order chi connectivity index (χ0) is 22.9. The van der Waals surface area contributed by atoms with Crippen molar-refractivity contribution in [1.82, 2.24) is 10.4 Å². The van der Waals surface area contributed by atoms with Gasteiger partial charge in [0.15, 0.2) is 0 Å². The third kappa shape index (κ3) is 5.98. The van der Waals surface area contributed by atoms with E-state index in [1.807, 2.05) is 96.0 Å². The summed E-state index contributed by atoms with van der Waals surface area (Å²) >= 11 is 0. The molecule has 0 saturated heterocycles. The standard InChI is InChI=1S/C30H26N2O/c1-24-13-11-12-20-28(24)29(22-21-25-14-5-2-6-15-25)32(23-26-16-7-3-8-17-26)31-30(33)27-18-9-4-10-19-27/h2-20,29H,23H2,1H3,(H,31,33). The van der Waals surface area contributed by atoms with Gasteiger partial charge in [-0.1, -0.05) is 103 Å². The summed E-state index contributed by atoms with van der Waals surface area (Å²) in [6, 6.07) is 37.1. The Morgan fingerprint density at radius 3 is 2.03 bits per heavy atom. The third-order valence-corrected chi connectivity index (χ3v) is 5.40. The average Bonchev–Trinajstić information content (AvgIpc) is 2.87. The molecule has 0 aliphatic heterocycles. The second kappa shape index (κ2) is 10.9. The first-order chi connectivity index (χ1) is 16.2. The van der Waals surface area contributed by atoms with Gasteiger partial charge >= 0.3 is 0 Å². The van der Waals surface area contributed by atoms with Crippen molar-refractivity contribution in [1.29, 1.82) is 0 Å². The Balaban J connectivity index is 1.75. The summed E-state index contributed by atoms with van der Waals surface area (Å²) in [6.45, 7) is 2.59. The number of carbonyl (C=O) groups is 1. The van der Waals surface area contributed by atoms with Gasteiger partial charge in [0, 0.05) is 17.7 Å². The first kappa shape index (κ1) is 22.1. The van der Waals surface area contributed by atoms with Crippen molar-refractivity contribution in [2.45, 2.75) is 19.5 Å². The van der Waals surface area contributed by atoms with Crippen LogP contribution in [0.4, 0.5) is 0 Å². The first-order valence-corrected chi connectivity index (χ1v) is 11.0. The van der Waals surface area contributed by atoms with E-state index in [-0.39, 0.29) is 11.9 Å².